The second-order valence-corrected chi connectivity index (χ2v) is 7.40. The van der Waals surface area contributed by atoms with Crippen molar-refractivity contribution < 1.29 is 14.6 Å². The van der Waals surface area contributed by atoms with Gasteiger partial charge >= 0.3 is 5.97 Å². The lowest BCUT2D eigenvalue weighted by atomic mass is 9.97. The number of thiophene rings is 1. The van der Waals surface area contributed by atoms with Crippen LogP contribution < -0.4 is 10.1 Å². The molecule has 2 aromatic rings. The molecule has 1 aliphatic rings. The lowest BCUT2D eigenvalue weighted by Gasteiger charge is -2.12. The lowest BCUT2D eigenvalue weighted by molar-refractivity contribution is -0.136. The molecule has 0 fully saturated rings. The Morgan fingerprint density at radius 1 is 1.40 bits per heavy atom. The molecule has 0 aliphatic carbocycles. The molecule has 0 unspecified atom stereocenters. The fourth-order valence-corrected chi connectivity index (χ4v) is 3.92. The van der Waals surface area contributed by atoms with Gasteiger partial charge in [-0.3, -0.25) is 4.79 Å². The molecule has 0 amide bonds. The lowest BCUT2D eigenvalue weighted by Crippen LogP contribution is -2.23. The molecule has 0 saturated heterocycles. The molecular weight excluding hydrogens is 334 g/mol. The van der Waals surface area contributed by atoms with Crippen LogP contribution in [0.25, 0.3) is 5.57 Å². The monoisotopic (exact) mass is 357 g/mol. The highest BCUT2D eigenvalue weighted by atomic mass is 32.1. The van der Waals surface area contributed by atoms with E-state index in [1.165, 1.54) is 10.4 Å². The Bertz CT molecular complexity index is 792. The average Bonchev–Trinajstić information content (AvgIpc) is 2.96. The zero-order valence-electron chi connectivity index (χ0n) is 14.5. The van der Waals surface area contributed by atoms with Gasteiger partial charge in [-0.15, -0.1) is 11.3 Å². The molecule has 0 atom stereocenters. The number of benzene rings is 1. The van der Waals surface area contributed by atoms with E-state index in [9.17, 15) is 4.79 Å². The smallest absolute Gasteiger partial charge is 0.307 e. The van der Waals surface area contributed by atoms with Crippen LogP contribution in [0, 0.1) is 0 Å². The number of carboxylic acids is 1. The summed E-state index contributed by atoms with van der Waals surface area (Å²) in [6.45, 7) is 5.73. The van der Waals surface area contributed by atoms with Crippen molar-refractivity contribution in [3.63, 3.8) is 0 Å². The molecule has 0 saturated carbocycles. The summed E-state index contributed by atoms with van der Waals surface area (Å²) >= 11 is 1.71. The molecule has 0 radical (unpaired) electrons. The molecule has 25 heavy (non-hydrogen) atoms. The van der Waals surface area contributed by atoms with E-state index in [2.05, 4.69) is 36.7 Å². The van der Waals surface area contributed by atoms with Crippen LogP contribution in [0.5, 0.6) is 5.75 Å². The SMILES string of the molecule is CC(C)NCC/C=C1/c2cc(CC(=O)O)ccc2OCc2ccsc21. The third kappa shape index (κ3) is 4.30. The van der Waals surface area contributed by atoms with Gasteiger partial charge in [0.15, 0.2) is 0 Å². The zero-order chi connectivity index (χ0) is 17.8. The van der Waals surface area contributed by atoms with Crippen LogP contribution in [0.15, 0.2) is 35.7 Å². The number of rotatable bonds is 6. The summed E-state index contributed by atoms with van der Waals surface area (Å²) < 4.78 is 5.97. The Labute approximate surface area is 152 Å². The van der Waals surface area contributed by atoms with Gasteiger partial charge in [-0.1, -0.05) is 26.0 Å². The number of carbonyl (C=O) groups is 1. The van der Waals surface area contributed by atoms with Crippen LogP contribution >= 0.6 is 11.3 Å². The molecular formula is C20H23NO3S. The van der Waals surface area contributed by atoms with Crippen LogP contribution in [0.4, 0.5) is 0 Å². The van der Waals surface area contributed by atoms with Crippen LogP contribution in [0.2, 0.25) is 0 Å². The van der Waals surface area contributed by atoms with E-state index in [1.807, 2.05) is 18.2 Å². The van der Waals surface area contributed by atoms with Crippen molar-refractivity contribution in [3.8, 4) is 5.75 Å². The van der Waals surface area contributed by atoms with Gasteiger partial charge in [0.2, 0.25) is 0 Å². The maximum absolute atomic E-state index is 11.1. The van der Waals surface area contributed by atoms with Crippen LogP contribution in [0.3, 0.4) is 0 Å². The second kappa shape index (κ2) is 7.85. The fourth-order valence-electron chi connectivity index (χ4n) is 2.95. The normalized spacial score (nSPS) is 14.8. The number of hydrogen-bond donors (Lipinski definition) is 2. The number of ether oxygens (including phenoxy) is 1. The zero-order valence-corrected chi connectivity index (χ0v) is 15.4. The first-order chi connectivity index (χ1) is 12.0. The van der Waals surface area contributed by atoms with Crippen molar-refractivity contribution in [2.45, 2.75) is 39.3 Å². The Balaban J connectivity index is 1.97. The van der Waals surface area contributed by atoms with Gasteiger partial charge in [-0.05, 0) is 47.7 Å². The summed E-state index contributed by atoms with van der Waals surface area (Å²) in [5, 5.41) is 14.6. The number of nitrogens with one attached hydrogen (secondary N) is 1. The molecule has 1 aliphatic heterocycles. The van der Waals surface area contributed by atoms with Gasteiger partial charge in [0.05, 0.1) is 6.42 Å². The van der Waals surface area contributed by atoms with E-state index in [0.29, 0.717) is 12.6 Å². The van der Waals surface area contributed by atoms with E-state index in [4.69, 9.17) is 9.84 Å². The molecule has 2 N–H and O–H groups in total. The minimum absolute atomic E-state index is 0.0206. The van der Waals surface area contributed by atoms with E-state index in [1.54, 1.807) is 11.3 Å². The number of hydrogen-bond acceptors (Lipinski definition) is 4. The van der Waals surface area contributed by atoms with Gasteiger partial charge in [0, 0.05) is 22.0 Å². The topological polar surface area (TPSA) is 58.6 Å². The van der Waals surface area contributed by atoms with Gasteiger partial charge in [0.1, 0.15) is 12.4 Å². The van der Waals surface area contributed by atoms with Crippen molar-refractivity contribution in [1.82, 2.24) is 5.32 Å². The summed E-state index contributed by atoms with van der Waals surface area (Å²) in [5.41, 5.74) is 4.12. The van der Waals surface area contributed by atoms with Crippen molar-refractivity contribution in [2.24, 2.45) is 0 Å². The van der Waals surface area contributed by atoms with E-state index < -0.39 is 5.97 Å². The van der Waals surface area contributed by atoms with Gasteiger partial charge < -0.3 is 15.2 Å². The molecule has 132 valence electrons. The first kappa shape index (κ1) is 17.7. The molecule has 4 nitrogen and oxygen atoms in total. The van der Waals surface area contributed by atoms with Crippen molar-refractivity contribution in [3.05, 3.63) is 57.3 Å². The summed E-state index contributed by atoms with van der Waals surface area (Å²) in [6.07, 6.45) is 3.17. The molecule has 5 heteroatoms. The summed E-state index contributed by atoms with van der Waals surface area (Å²) in [4.78, 5) is 12.3. The average molecular weight is 357 g/mol. The highest BCUT2D eigenvalue weighted by molar-refractivity contribution is 7.11. The molecule has 3 rings (SSSR count). The minimum Gasteiger partial charge on any atom is -0.488 e. The summed E-state index contributed by atoms with van der Waals surface area (Å²) in [6, 6.07) is 8.25. The predicted molar refractivity (Wildman–Crippen MR) is 101 cm³/mol. The minimum atomic E-state index is -0.821. The van der Waals surface area contributed by atoms with Crippen LogP contribution in [-0.4, -0.2) is 23.7 Å². The summed E-state index contributed by atoms with van der Waals surface area (Å²) in [7, 11) is 0. The number of carboxylic acid groups (broad SMARTS) is 1. The summed E-state index contributed by atoms with van der Waals surface area (Å²) in [5.74, 6) is -0.00132. The van der Waals surface area contributed by atoms with Crippen molar-refractivity contribution >= 4 is 22.9 Å². The Hall–Kier alpha value is -2.11. The highest BCUT2D eigenvalue weighted by Crippen LogP contribution is 2.40. The van der Waals surface area contributed by atoms with Crippen LogP contribution in [0.1, 0.15) is 41.8 Å². The molecule has 1 aromatic carbocycles. The Kier molecular flexibility index (Phi) is 5.56. The highest BCUT2D eigenvalue weighted by Gasteiger charge is 2.21. The third-order valence-electron chi connectivity index (χ3n) is 4.11. The standard InChI is InChI=1S/C20H23NO3S/c1-13(2)21-8-3-4-16-17-10-14(11-19(22)23)5-6-18(17)24-12-15-7-9-25-20(15)16/h4-7,9-10,13,21H,3,8,11-12H2,1-2H3,(H,22,23)/b16-4-. The van der Waals surface area contributed by atoms with Crippen molar-refractivity contribution in [1.29, 1.82) is 0 Å². The van der Waals surface area contributed by atoms with E-state index >= 15 is 0 Å². The largest absolute Gasteiger partial charge is 0.488 e. The maximum atomic E-state index is 11.1. The molecule has 0 spiro atoms. The number of aliphatic carboxylic acids is 1. The van der Waals surface area contributed by atoms with E-state index in [-0.39, 0.29) is 6.42 Å². The molecule has 2 heterocycles. The Morgan fingerprint density at radius 2 is 2.24 bits per heavy atom. The number of fused-ring (bicyclic) bond motifs is 2. The Morgan fingerprint density at radius 3 is 3.00 bits per heavy atom. The van der Waals surface area contributed by atoms with Crippen LogP contribution in [-0.2, 0) is 17.8 Å². The quantitative estimate of drug-likeness (QED) is 0.765. The predicted octanol–water partition coefficient (Wildman–Crippen LogP) is 4.09. The van der Waals surface area contributed by atoms with E-state index in [0.717, 1.165) is 35.4 Å². The third-order valence-corrected chi connectivity index (χ3v) is 5.10. The fraction of sp³-hybridized carbons (Fsp3) is 0.350. The van der Waals surface area contributed by atoms with Gasteiger partial charge in [0.25, 0.3) is 0 Å². The van der Waals surface area contributed by atoms with Gasteiger partial charge in [-0.2, -0.15) is 0 Å². The maximum Gasteiger partial charge on any atom is 0.307 e. The first-order valence-corrected chi connectivity index (χ1v) is 9.40. The van der Waals surface area contributed by atoms with Gasteiger partial charge in [-0.25, -0.2) is 0 Å². The first-order valence-electron chi connectivity index (χ1n) is 8.52. The van der Waals surface area contributed by atoms with Crippen molar-refractivity contribution in [2.75, 3.05) is 6.54 Å². The molecule has 0 bridgehead atoms. The second-order valence-electron chi connectivity index (χ2n) is 6.48. The molecule has 1 aromatic heterocycles.